The maximum Gasteiger partial charge on any atom is 0.282 e. The van der Waals surface area contributed by atoms with Gasteiger partial charge in [0.05, 0.1) is 28.2 Å². The van der Waals surface area contributed by atoms with Crippen LogP contribution in [0.3, 0.4) is 0 Å². The number of carboxylic acid groups (broad SMARTS) is 1. The van der Waals surface area contributed by atoms with Crippen molar-refractivity contribution in [1.82, 2.24) is 0 Å². The first-order valence-corrected chi connectivity index (χ1v) is 6.48. The fraction of sp³-hybridized carbons (Fsp3) is 0.0667. The fourth-order valence-corrected chi connectivity index (χ4v) is 2.04. The highest BCUT2D eigenvalue weighted by Gasteiger charge is 2.22. The molecule has 0 amide bonds. The topological polar surface area (TPSA) is 114 Å². The van der Waals surface area contributed by atoms with Gasteiger partial charge in [-0.25, -0.2) is 0 Å². The van der Waals surface area contributed by atoms with E-state index < -0.39 is 10.9 Å². The maximum absolute atomic E-state index is 11.1. The molecule has 3 rings (SSSR count). The Morgan fingerprint density at radius 2 is 1.83 bits per heavy atom. The number of nitro groups is 1. The average molecular weight is 313 g/mol. The molecule has 0 unspecified atom stereocenters. The summed E-state index contributed by atoms with van der Waals surface area (Å²) >= 11 is 0. The molecule has 8 heteroatoms. The van der Waals surface area contributed by atoms with Crippen LogP contribution in [0.25, 0.3) is 0 Å². The van der Waals surface area contributed by atoms with Crippen LogP contribution in [-0.4, -0.2) is 23.9 Å². The zero-order chi connectivity index (χ0) is 16.4. The molecule has 0 aromatic heterocycles. The van der Waals surface area contributed by atoms with E-state index in [9.17, 15) is 20.0 Å². The first-order chi connectivity index (χ1) is 11.0. The highest BCUT2D eigenvalue weighted by atomic mass is 16.7. The fourth-order valence-electron chi connectivity index (χ4n) is 2.04. The second-order valence-corrected chi connectivity index (χ2v) is 4.61. The molecule has 0 bridgehead atoms. The van der Waals surface area contributed by atoms with Crippen LogP contribution in [0.5, 0.6) is 11.5 Å². The zero-order valence-electron chi connectivity index (χ0n) is 11.6. The third-order valence-electron chi connectivity index (χ3n) is 3.17. The number of benzene rings is 2. The summed E-state index contributed by atoms with van der Waals surface area (Å²) in [5.41, 5.74) is 0.563. The molecule has 2 aromatic rings. The summed E-state index contributed by atoms with van der Waals surface area (Å²) in [6.07, 6.45) is 1.31. The number of aliphatic imine (C=N–C) groups is 1. The monoisotopic (exact) mass is 313 g/mol. The van der Waals surface area contributed by atoms with Crippen LogP contribution in [-0.2, 0) is 0 Å². The Hall–Kier alpha value is -3.42. The molecule has 1 aliphatic heterocycles. The highest BCUT2D eigenvalue weighted by Crippen LogP contribution is 2.37. The standard InChI is InChI=1S/C15H10N2O6/c18-15(19)9-1-3-11(4-2-9)16-7-10-5-13-14(23-8-22-13)6-12(10)17(20)21/h1-7H,8H2,(H,18,19)/p-1. The number of ether oxygens (including phenoxy) is 2. The van der Waals surface area contributed by atoms with Crippen LogP contribution in [0.15, 0.2) is 41.4 Å². The lowest BCUT2D eigenvalue weighted by molar-refractivity contribution is -0.385. The molecule has 0 fully saturated rings. The van der Waals surface area contributed by atoms with Crippen molar-refractivity contribution in [2.45, 2.75) is 0 Å². The number of carbonyl (C=O) groups is 1. The third kappa shape index (κ3) is 2.95. The molecule has 116 valence electrons. The molecular formula is C15H9N2O6-. The van der Waals surface area contributed by atoms with Crippen molar-refractivity contribution in [3.63, 3.8) is 0 Å². The van der Waals surface area contributed by atoms with E-state index in [0.717, 1.165) is 0 Å². The van der Waals surface area contributed by atoms with Crippen LogP contribution < -0.4 is 14.6 Å². The number of carbonyl (C=O) groups excluding carboxylic acids is 1. The van der Waals surface area contributed by atoms with E-state index in [1.165, 1.54) is 42.6 Å². The minimum Gasteiger partial charge on any atom is -0.545 e. The van der Waals surface area contributed by atoms with Crippen molar-refractivity contribution in [3.8, 4) is 11.5 Å². The van der Waals surface area contributed by atoms with Crippen molar-refractivity contribution in [2.75, 3.05) is 6.79 Å². The Bertz CT molecular complexity index is 813. The molecule has 0 radical (unpaired) electrons. The number of nitro benzene ring substituents is 1. The molecule has 0 saturated heterocycles. The van der Waals surface area contributed by atoms with E-state index in [1.54, 1.807) is 0 Å². The third-order valence-corrected chi connectivity index (χ3v) is 3.17. The minimum atomic E-state index is -1.29. The van der Waals surface area contributed by atoms with Crippen molar-refractivity contribution in [3.05, 3.63) is 57.6 Å². The van der Waals surface area contributed by atoms with Crippen molar-refractivity contribution < 1.29 is 24.3 Å². The Morgan fingerprint density at radius 1 is 1.17 bits per heavy atom. The van der Waals surface area contributed by atoms with Gasteiger partial charge in [0.1, 0.15) is 0 Å². The van der Waals surface area contributed by atoms with Gasteiger partial charge in [0.15, 0.2) is 11.5 Å². The number of hydrogen-bond acceptors (Lipinski definition) is 7. The maximum atomic E-state index is 11.1. The second-order valence-electron chi connectivity index (χ2n) is 4.61. The van der Waals surface area contributed by atoms with Crippen molar-refractivity contribution in [1.29, 1.82) is 0 Å². The first-order valence-electron chi connectivity index (χ1n) is 6.48. The molecule has 1 heterocycles. The molecule has 23 heavy (non-hydrogen) atoms. The van der Waals surface area contributed by atoms with Gasteiger partial charge in [-0.2, -0.15) is 0 Å². The van der Waals surface area contributed by atoms with Gasteiger partial charge in [0, 0.05) is 6.21 Å². The van der Waals surface area contributed by atoms with Crippen LogP contribution in [0.4, 0.5) is 11.4 Å². The molecule has 0 saturated carbocycles. The Labute approximate surface area is 129 Å². The lowest BCUT2D eigenvalue weighted by Crippen LogP contribution is -2.21. The van der Waals surface area contributed by atoms with Gasteiger partial charge >= 0.3 is 0 Å². The molecular weight excluding hydrogens is 304 g/mol. The summed E-state index contributed by atoms with van der Waals surface area (Å²) < 4.78 is 10.3. The summed E-state index contributed by atoms with van der Waals surface area (Å²) in [6.45, 7) is 0.0117. The number of rotatable bonds is 4. The predicted molar refractivity (Wildman–Crippen MR) is 77.2 cm³/mol. The molecule has 0 atom stereocenters. The molecule has 0 N–H and O–H groups in total. The number of nitrogens with zero attached hydrogens (tertiary/aromatic N) is 2. The lowest BCUT2D eigenvalue weighted by atomic mass is 10.1. The highest BCUT2D eigenvalue weighted by molar-refractivity contribution is 5.89. The van der Waals surface area contributed by atoms with Gasteiger partial charge in [0.25, 0.3) is 5.69 Å². The summed E-state index contributed by atoms with van der Waals surface area (Å²) in [6, 6.07) is 8.38. The number of fused-ring (bicyclic) bond motifs is 1. The Morgan fingerprint density at radius 3 is 2.43 bits per heavy atom. The van der Waals surface area contributed by atoms with Crippen LogP contribution in [0, 0.1) is 10.1 Å². The predicted octanol–water partition coefficient (Wildman–Crippen LogP) is 1.44. The largest absolute Gasteiger partial charge is 0.545 e. The lowest BCUT2D eigenvalue weighted by Gasteiger charge is -2.02. The minimum absolute atomic E-state index is 0.0117. The number of carboxylic acids is 1. The van der Waals surface area contributed by atoms with E-state index in [2.05, 4.69) is 4.99 Å². The van der Waals surface area contributed by atoms with E-state index in [4.69, 9.17) is 9.47 Å². The molecule has 0 aliphatic carbocycles. The normalized spacial score (nSPS) is 12.5. The first kappa shape index (κ1) is 14.5. The van der Waals surface area contributed by atoms with Crippen LogP contribution in [0.2, 0.25) is 0 Å². The second kappa shape index (κ2) is 5.76. The van der Waals surface area contributed by atoms with Gasteiger partial charge in [-0.3, -0.25) is 15.1 Å². The molecule has 0 spiro atoms. The van der Waals surface area contributed by atoms with Crippen molar-refractivity contribution in [2.24, 2.45) is 4.99 Å². The van der Waals surface area contributed by atoms with Crippen molar-refractivity contribution >= 4 is 23.6 Å². The van der Waals surface area contributed by atoms with E-state index in [0.29, 0.717) is 17.2 Å². The van der Waals surface area contributed by atoms with Gasteiger partial charge < -0.3 is 19.4 Å². The van der Waals surface area contributed by atoms with Gasteiger partial charge in [-0.05, 0) is 23.8 Å². The number of aromatic carboxylic acids is 1. The summed E-state index contributed by atoms with van der Waals surface area (Å²) in [5, 5.41) is 21.8. The van der Waals surface area contributed by atoms with Crippen LogP contribution in [0.1, 0.15) is 15.9 Å². The summed E-state index contributed by atoms with van der Waals surface area (Å²) in [7, 11) is 0. The smallest absolute Gasteiger partial charge is 0.282 e. The van der Waals surface area contributed by atoms with Gasteiger partial charge in [-0.1, -0.05) is 12.1 Å². The SMILES string of the molecule is O=C([O-])c1ccc(N=Cc2cc3c(cc2[N+](=O)[O-])OCO3)cc1. The van der Waals surface area contributed by atoms with E-state index in [1.807, 2.05) is 0 Å². The zero-order valence-corrected chi connectivity index (χ0v) is 11.6. The Kier molecular flexibility index (Phi) is 3.63. The quantitative estimate of drug-likeness (QED) is 0.479. The molecule has 1 aliphatic rings. The summed E-state index contributed by atoms with van der Waals surface area (Å²) in [5.74, 6) is -0.566. The van der Waals surface area contributed by atoms with Crippen LogP contribution >= 0.6 is 0 Å². The Balaban J connectivity index is 1.92. The van der Waals surface area contributed by atoms with E-state index >= 15 is 0 Å². The molecule has 2 aromatic carbocycles. The van der Waals surface area contributed by atoms with E-state index in [-0.39, 0.29) is 23.6 Å². The van der Waals surface area contributed by atoms with Gasteiger partial charge in [0.2, 0.25) is 6.79 Å². The molecule has 8 nitrogen and oxygen atoms in total. The summed E-state index contributed by atoms with van der Waals surface area (Å²) in [4.78, 5) is 25.4. The number of hydrogen-bond donors (Lipinski definition) is 0. The average Bonchev–Trinajstić information content (AvgIpc) is 2.99. The van der Waals surface area contributed by atoms with Gasteiger partial charge in [-0.15, -0.1) is 0 Å².